The van der Waals surface area contributed by atoms with E-state index in [-0.39, 0.29) is 35.7 Å². The molecule has 3 aromatic rings. The van der Waals surface area contributed by atoms with Crippen LogP contribution in [0.4, 0.5) is 0 Å². The number of ether oxygens (including phenoxy) is 2. The summed E-state index contributed by atoms with van der Waals surface area (Å²) in [4.78, 5) is 46.7. The summed E-state index contributed by atoms with van der Waals surface area (Å²) in [5.74, 6) is -1.29. The number of benzene rings is 1. The zero-order valence-corrected chi connectivity index (χ0v) is 16.3. The molecule has 0 saturated carbocycles. The molecule has 0 bridgehead atoms. The molecular weight excluding hydrogens is 392 g/mol. The first kappa shape index (κ1) is 20.6. The highest BCUT2D eigenvalue weighted by atomic mass is 16.5. The number of aromatic nitrogens is 4. The summed E-state index contributed by atoms with van der Waals surface area (Å²) in [6, 6.07) is 12.0. The zero-order valence-electron chi connectivity index (χ0n) is 16.3. The lowest BCUT2D eigenvalue weighted by Crippen LogP contribution is -2.21. The Kier molecular flexibility index (Phi) is 6.16. The number of hydrogen-bond donors (Lipinski definition) is 0. The predicted molar refractivity (Wildman–Crippen MR) is 104 cm³/mol. The second-order valence-corrected chi connectivity index (χ2v) is 6.33. The monoisotopic (exact) mass is 410 g/mol. The zero-order chi connectivity index (χ0) is 21.7. The summed E-state index contributed by atoms with van der Waals surface area (Å²) in [6.45, 7) is 0.0385. The van der Waals surface area contributed by atoms with E-state index in [0.29, 0.717) is 0 Å². The number of aryl methyl sites for hydroxylation is 2. The first-order valence-electron chi connectivity index (χ1n) is 8.84. The minimum Gasteiger partial charge on any atom is -0.456 e. The molecule has 0 N–H and O–H groups in total. The fourth-order valence-electron chi connectivity index (χ4n) is 2.40. The Labute approximate surface area is 170 Å². The molecule has 3 rings (SSSR count). The molecule has 0 unspecified atom stereocenters. The molecule has 0 saturated heterocycles. The van der Waals surface area contributed by atoms with Crippen molar-refractivity contribution in [1.82, 2.24) is 19.6 Å². The Morgan fingerprint density at radius 1 is 0.700 bits per heavy atom. The van der Waals surface area contributed by atoms with Crippen molar-refractivity contribution in [2.75, 3.05) is 0 Å². The molecule has 0 atom stereocenters. The van der Waals surface area contributed by atoms with Crippen LogP contribution in [0.25, 0.3) is 0 Å². The third kappa shape index (κ3) is 5.04. The SMILES string of the molecule is Cn1nc(C(=O)OCc2ccc(COC(=O)c3ccc(=O)n(C)n3)cc2)ccc1=O. The van der Waals surface area contributed by atoms with Crippen LogP contribution >= 0.6 is 0 Å². The van der Waals surface area contributed by atoms with Crippen molar-refractivity contribution in [3.05, 3.63) is 91.8 Å². The Balaban J connectivity index is 1.53. The third-order valence-corrected chi connectivity index (χ3v) is 4.10. The van der Waals surface area contributed by atoms with Gasteiger partial charge in [-0.2, -0.15) is 10.2 Å². The largest absolute Gasteiger partial charge is 0.456 e. The van der Waals surface area contributed by atoms with E-state index in [1.807, 2.05) is 0 Å². The van der Waals surface area contributed by atoms with Crippen LogP contribution in [0.15, 0.2) is 58.1 Å². The normalized spacial score (nSPS) is 10.5. The molecule has 0 amide bonds. The smallest absolute Gasteiger partial charge is 0.359 e. The average molecular weight is 410 g/mol. The van der Waals surface area contributed by atoms with Crippen molar-refractivity contribution in [3.63, 3.8) is 0 Å². The first-order valence-corrected chi connectivity index (χ1v) is 8.84. The van der Waals surface area contributed by atoms with Gasteiger partial charge in [-0.25, -0.2) is 19.0 Å². The van der Waals surface area contributed by atoms with Crippen molar-refractivity contribution < 1.29 is 19.1 Å². The van der Waals surface area contributed by atoms with Crippen molar-refractivity contribution in [2.24, 2.45) is 14.1 Å². The average Bonchev–Trinajstić information content (AvgIpc) is 2.74. The van der Waals surface area contributed by atoms with Crippen LogP contribution in [0, 0.1) is 0 Å². The maximum atomic E-state index is 12.0. The summed E-state index contributed by atoms with van der Waals surface area (Å²) < 4.78 is 12.5. The van der Waals surface area contributed by atoms with Crippen molar-refractivity contribution in [1.29, 1.82) is 0 Å². The van der Waals surface area contributed by atoms with Crippen LogP contribution < -0.4 is 11.1 Å². The van der Waals surface area contributed by atoms with Gasteiger partial charge in [0.2, 0.25) is 0 Å². The lowest BCUT2D eigenvalue weighted by atomic mass is 10.1. The summed E-state index contributed by atoms with van der Waals surface area (Å²) in [6.07, 6.45) is 0. The van der Waals surface area contributed by atoms with Crippen LogP contribution in [0.2, 0.25) is 0 Å². The van der Waals surface area contributed by atoms with Gasteiger partial charge in [0.15, 0.2) is 11.4 Å². The highest BCUT2D eigenvalue weighted by Crippen LogP contribution is 2.09. The molecule has 10 heteroatoms. The standard InChI is InChI=1S/C20H18N4O6/c1-23-17(25)9-7-15(21-23)19(27)29-11-13-3-5-14(6-4-13)12-30-20(28)16-8-10-18(26)24(2)22-16/h3-10H,11-12H2,1-2H3. The fourth-order valence-corrected chi connectivity index (χ4v) is 2.40. The molecule has 0 aliphatic rings. The molecule has 30 heavy (non-hydrogen) atoms. The van der Waals surface area contributed by atoms with Crippen LogP contribution in [0.5, 0.6) is 0 Å². The molecule has 0 radical (unpaired) electrons. The molecule has 2 heterocycles. The predicted octanol–water partition coefficient (Wildman–Crippen LogP) is 0.588. The topological polar surface area (TPSA) is 122 Å². The third-order valence-electron chi connectivity index (χ3n) is 4.10. The van der Waals surface area contributed by atoms with Crippen LogP contribution in [-0.2, 0) is 36.8 Å². The van der Waals surface area contributed by atoms with E-state index in [1.54, 1.807) is 24.3 Å². The van der Waals surface area contributed by atoms with Gasteiger partial charge in [-0.15, -0.1) is 0 Å². The van der Waals surface area contributed by atoms with Gasteiger partial charge >= 0.3 is 11.9 Å². The van der Waals surface area contributed by atoms with Gasteiger partial charge in [0.05, 0.1) is 0 Å². The summed E-state index contributed by atoms with van der Waals surface area (Å²) in [5, 5.41) is 7.66. The van der Waals surface area contributed by atoms with Gasteiger partial charge < -0.3 is 9.47 Å². The molecular formula is C20H18N4O6. The van der Waals surface area contributed by atoms with Gasteiger partial charge in [0, 0.05) is 26.2 Å². The molecule has 2 aromatic heterocycles. The van der Waals surface area contributed by atoms with Gasteiger partial charge in [0.25, 0.3) is 11.1 Å². The van der Waals surface area contributed by atoms with E-state index in [9.17, 15) is 19.2 Å². The first-order chi connectivity index (χ1) is 14.3. The number of carbonyl (C=O) groups is 2. The molecule has 1 aromatic carbocycles. The number of nitrogens with zero attached hydrogens (tertiary/aromatic N) is 4. The second-order valence-electron chi connectivity index (χ2n) is 6.33. The molecule has 154 valence electrons. The van der Waals surface area contributed by atoms with E-state index >= 15 is 0 Å². The Morgan fingerprint density at radius 3 is 1.40 bits per heavy atom. The van der Waals surface area contributed by atoms with Crippen molar-refractivity contribution in [2.45, 2.75) is 13.2 Å². The van der Waals surface area contributed by atoms with Crippen molar-refractivity contribution >= 4 is 11.9 Å². The number of rotatable bonds is 6. The second kappa shape index (κ2) is 8.95. The highest BCUT2D eigenvalue weighted by molar-refractivity contribution is 5.87. The number of carbonyl (C=O) groups excluding carboxylic acids is 2. The van der Waals surface area contributed by atoms with E-state index in [2.05, 4.69) is 10.2 Å². The van der Waals surface area contributed by atoms with E-state index in [4.69, 9.17) is 9.47 Å². The van der Waals surface area contributed by atoms with Crippen LogP contribution in [-0.4, -0.2) is 31.5 Å². The van der Waals surface area contributed by atoms with Gasteiger partial charge in [-0.05, 0) is 23.3 Å². The molecule has 0 aliphatic carbocycles. The highest BCUT2D eigenvalue weighted by Gasteiger charge is 2.12. The quantitative estimate of drug-likeness (QED) is 0.541. The minimum absolute atomic E-state index is 0.0192. The van der Waals surface area contributed by atoms with Crippen LogP contribution in [0.1, 0.15) is 32.1 Å². The van der Waals surface area contributed by atoms with Crippen molar-refractivity contribution in [3.8, 4) is 0 Å². The van der Waals surface area contributed by atoms with Gasteiger partial charge in [-0.1, -0.05) is 24.3 Å². The maximum Gasteiger partial charge on any atom is 0.359 e. The van der Waals surface area contributed by atoms with E-state index in [1.165, 1.54) is 38.4 Å². The van der Waals surface area contributed by atoms with E-state index in [0.717, 1.165) is 20.5 Å². The fraction of sp³-hybridized carbons (Fsp3) is 0.200. The van der Waals surface area contributed by atoms with Crippen LogP contribution in [0.3, 0.4) is 0 Å². The molecule has 0 fully saturated rings. The maximum absolute atomic E-state index is 12.0. The molecule has 0 spiro atoms. The molecule has 10 nitrogen and oxygen atoms in total. The number of esters is 2. The number of hydrogen-bond acceptors (Lipinski definition) is 8. The molecule has 0 aliphatic heterocycles. The van der Waals surface area contributed by atoms with E-state index < -0.39 is 11.9 Å². The Morgan fingerprint density at radius 2 is 1.07 bits per heavy atom. The Bertz CT molecular complexity index is 1100. The Hall–Kier alpha value is -4.08. The minimum atomic E-state index is -0.645. The summed E-state index contributed by atoms with van der Waals surface area (Å²) >= 11 is 0. The summed E-state index contributed by atoms with van der Waals surface area (Å²) in [7, 11) is 2.89. The lowest BCUT2D eigenvalue weighted by Gasteiger charge is -2.07. The summed E-state index contributed by atoms with van der Waals surface area (Å²) in [5.41, 5.74) is 0.871. The lowest BCUT2D eigenvalue weighted by molar-refractivity contribution is 0.0450. The van der Waals surface area contributed by atoms with Gasteiger partial charge in [0.1, 0.15) is 13.2 Å². The van der Waals surface area contributed by atoms with Gasteiger partial charge in [-0.3, -0.25) is 9.59 Å².